The Morgan fingerprint density at radius 3 is 2.55 bits per heavy atom. The molecule has 3 rings (SSSR count). The highest BCUT2D eigenvalue weighted by atomic mass is 79.9. The molecule has 1 atom stereocenters. The van der Waals surface area contributed by atoms with Crippen molar-refractivity contribution in [1.82, 2.24) is 0 Å². The molecule has 152 valence electrons. The predicted octanol–water partition coefficient (Wildman–Crippen LogP) is 3.71. The minimum atomic E-state index is -2.22. The van der Waals surface area contributed by atoms with Crippen LogP contribution in [0.3, 0.4) is 0 Å². The third-order valence-corrected chi connectivity index (χ3v) is 5.08. The Labute approximate surface area is 178 Å². The highest BCUT2D eigenvalue weighted by Gasteiger charge is 2.56. The van der Waals surface area contributed by atoms with Crippen LogP contribution in [0.5, 0.6) is 5.75 Å². The zero-order valence-electron chi connectivity index (χ0n) is 15.2. The number of carbonyl (C=O) groups is 3. The van der Waals surface area contributed by atoms with Gasteiger partial charge in [0, 0.05) is 4.47 Å². The van der Waals surface area contributed by atoms with Crippen LogP contribution in [0.25, 0.3) is 0 Å². The van der Waals surface area contributed by atoms with E-state index in [1.54, 1.807) is 6.07 Å². The van der Waals surface area contributed by atoms with E-state index in [1.165, 1.54) is 18.2 Å². The van der Waals surface area contributed by atoms with E-state index >= 15 is 0 Å². The summed E-state index contributed by atoms with van der Waals surface area (Å²) in [4.78, 5) is 39.3. The number of hydrogen-bond acceptors (Lipinski definition) is 6. The minimum absolute atomic E-state index is 0.0290. The predicted molar refractivity (Wildman–Crippen MR) is 104 cm³/mol. The second-order valence-electron chi connectivity index (χ2n) is 6.01. The molecule has 0 radical (unpaired) electrons. The van der Waals surface area contributed by atoms with Crippen molar-refractivity contribution >= 4 is 51.1 Å². The van der Waals surface area contributed by atoms with Crippen molar-refractivity contribution in [3.8, 4) is 5.75 Å². The third-order valence-electron chi connectivity index (χ3n) is 4.29. The molecule has 0 unspecified atom stereocenters. The minimum Gasteiger partial charge on any atom is -0.469 e. The van der Waals surface area contributed by atoms with Crippen LogP contribution in [0.4, 0.5) is 10.1 Å². The van der Waals surface area contributed by atoms with Gasteiger partial charge in [-0.15, -0.1) is 0 Å². The largest absolute Gasteiger partial charge is 0.469 e. The number of esters is 2. The van der Waals surface area contributed by atoms with Gasteiger partial charge < -0.3 is 14.2 Å². The number of anilines is 1. The van der Waals surface area contributed by atoms with E-state index in [9.17, 15) is 18.8 Å². The number of rotatable bonds is 4. The molecule has 1 heterocycles. The van der Waals surface area contributed by atoms with Crippen LogP contribution in [0.2, 0.25) is 5.02 Å². The van der Waals surface area contributed by atoms with Gasteiger partial charge in [0.2, 0.25) is 0 Å². The molecule has 0 aliphatic carbocycles. The summed E-state index contributed by atoms with van der Waals surface area (Å²) >= 11 is 9.15. The average molecular weight is 487 g/mol. The fraction of sp³-hybridized carbons (Fsp3) is 0.211. The Hall–Kier alpha value is -2.65. The molecule has 2 aromatic rings. The highest BCUT2D eigenvalue weighted by molar-refractivity contribution is 9.10. The van der Waals surface area contributed by atoms with Crippen LogP contribution in [0.15, 0.2) is 40.9 Å². The van der Waals surface area contributed by atoms with Crippen LogP contribution in [-0.4, -0.2) is 37.8 Å². The number of hydrogen-bond donors (Lipinski definition) is 0. The number of nitrogens with zero attached hydrogens (tertiary/aromatic N) is 1. The van der Waals surface area contributed by atoms with E-state index in [0.717, 1.165) is 31.3 Å². The summed E-state index contributed by atoms with van der Waals surface area (Å²) in [5, 5.41) is -0.285. The fourth-order valence-electron chi connectivity index (χ4n) is 2.97. The standard InChI is InChI=1S/C19H14BrClFNO6/c1-27-16(24)9-19(18(26)28-2)23(11-4-5-14(22)13(21)8-11)17(25)12-7-10(20)3-6-15(12)29-19/h3-8H,9H2,1-2H3/t19-/m1/s1. The van der Waals surface area contributed by atoms with Gasteiger partial charge in [-0.1, -0.05) is 27.5 Å². The summed E-state index contributed by atoms with van der Waals surface area (Å²) in [6.45, 7) is 0. The van der Waals surface area contributed by atoms with Crippen LogP contribution in [0, 0.1) is 5.82 Å². The van der Waals surface area contributed by atoms with Crippen molar-refractivity contribution in [2.45, 2.75) is 12.1 Å². The molecule has 7 nitrogen and oxygen atoms in total. The summed E-state index contributed by atoms with van der Waals surface area (Å²) in [6.07, 6.45) is -0.674. The number of methoxy groups -OCH3 is 2. The Bertz CT molecular complexity index is 1020. The van der Waals surface area contributed by atoms with Gasteiger partial charge >= 0.3 is 11.9 Å². The van der Waals surface area contributed by atoms with Crippen molar-refractivity contribution in [1.29, 1.82) is 0 Å². The first-order chi connectivity index (χ1) is 13.7. The number of ether oxygens (including phenoxy) is 3. The maximum Gasteiger partial charge on any atom is 0.373 e. The number of amides is 1. The lowest BCUT2D eigenvalue weighted by Crippen LogP contribution is -2.65. The monoisotopic (exact) mass is 485 g/mol. The van der Waals surface area contributed by atoms with Gasteiger partial charge in [0.15, 0.2) is 0 Å². The first kappa shape index (κ1) is 21.1. The lowest BCUT2D eigenvalue weighted by atomic mass is 9.99. The number of halogens is 3. The van der Waals surface area contributed by atoms with Crippen molar-refractivity contribution in [3.63, 3.8) is 0 Å². The highest BCUT2D eigenvalue weighted by Crippen LogP contribution is 2.41. The second-order valence-corrected chi connectivity index (χ2v) is 7.33. The van der Waals surface area contributed by atoms with E-state index < -0.39 is 35.8 Å². The van der Waals surface area contributed by atoms with Gasteiger partial charge in [0.25, 0.3) is 11.6 Å². The SMILES string of the molecule is COC(=O)C[C@]1(C(=O)OC)Oc2ccc(Br)cc2C(=O)N1c1ccc(F)c(Cl)c1. The van der Waals surface area contributed by atoms with Crippen molar-refractivity contribution in [3.05, 3.63) is 57.3 Å². The molecule has 0 saturated heterocycles. The molecule has 0 saturated carbocycles. The van der Waals surface area contributed by atoms with Crippen molar-refractivity contribution < 1.29 is 33.0 Å². The summed E-state index contributed by atoms with van der Waals surface area (Å²) < 4.78 is 29.7. The topological polar surface area (TPSA) is 82.1 Å². The lowest BCUT2D eigenvalue weighted by Gasteiger charge is -2.44. The number of fused-ring (bicyclic) bond motifs is 1. The third kappa shape index (κ3) is 3.67. The van der Waals surface area contributed by atoms with E-state index in [1.807, 2.05) is 0 Å². The molecule has 0 fully saturated rings. The van der Waals surface area contributed by atoms with Crippen molar-refractivity contribution in [2.75, 3.05) is 19.1 Å². The van der Waals surface area contributed by atoms with E-state index in [2.05, 4.69) is 20.7 Å². The van der Waals surface area contributed by atoms with Crippen LogP contribution < -0.4 is 9.64 Å². The maximum absolute atomic E-state index is 13.7. The van der Waals surface area contributed by atoms with Crippen LogP contribution in [-0.2, 0) is 19.1 Å². The molecule has 1 aliphatic rings. The van der Waals surface area contributed by atoms with Gasteiger partial charge in [0.05, 0.1) is 30.5 Å². The fourth-order valence-corrected chi connectivity index (χ4v) is 3.50. The molecule has 10 heteroatoms. The molecule has 1 amide bonds. The Morgan fingerprint density at radius 2 is 1.93 bits per heavy atom. The Morgan fingerprint density at radius 1 is 1.21 bits per heavy atom. The molecule has 0 bridgehead atoms. The average Bonchev–Trinajstić information content (AvgIpc) is 2.70. The molecule has 29 heavy (non-hydrogen) atoms. The summed E-state index contributed by atoms with van der Waals surface area (Å²) in [7, 11) is 2.21. The van der Waals surface area contributed by atoms with E-state index in [0.29, 0.717) is 4.47 Å². The van der Waals surface area contributed by atoms with Crippen LogP contribution >= 0.6 is 27.5 Å². The van der Waals surface area contributed by atoms with Gasteiger partial charge in [0.1, 0.15) is 18.0 Å². The maximum atomic E-state index is 13.7. The van der Waals surface area contributed by atoms with E-state index in [-0.39, 0.29) is 22.0 Å². The summed E-state index contributed by atoms with van der Waals surface area (Å²) in [5.74, 6) is -3.19. The molecule has 0 aromatic heterocycles. The molecular formula is C19H14BrClFNO6. The molecule has 1 aliphatic heterocycles. The zero-order valence-corrected chi connectivity index (χ0v) is 17.5. The number of benzene rings is 2. The summed E-state index contributed by atoms with van der Waals surface area (Å²) in [6, 6.07) is 7.99. The lowest BCUT2D eigenvalue weighted by molar-refractivity contribution is -0.166. The Balaban J connectivity index is 2.29. The Kier molecular flexibility index (Phi) is 5.81. The summed E-state index contributed by atoms with van der Waals surface area (Å²) in [5.41, 5.74) is -2.08. The molecule has 0 N–H and O–H groups in total. The van der Waals surface area contributed by atoms with E-state index in [4.69, 9.17) is 21.1 Å². The van der Waals surface area contributed by atoms with Crippen molar-refractivity contribution in [2.24, 2.45) is 0 Å². The van der Waals surface area contributed by atoms with Gasteiger partial charge in [-0.25, -0.2) is 9.18 Å². The smallest absolute Gasteiger partial charge is 0.373 e. The van der Waals surface area contributed by atoms with Gasteiger partial charge in [-0.2, -0.15) is 0 Å². The second kappa shape index (κ2) is 8.00. The van der Waals surface area contributed by atoms with Gasteiger partial charge in [-0.3, -0.25) is 14.5 Å². The van der Waals surface area contributed by atoms with Gasteiger partial charge in [-0.05, 0) is 36.4 Å². The molecular weight excluding hydrogens is 473 g/mol. The first-order valence-electron chi connectivity index (χ1n) is 8.17. The number of carbonyl (C=O) groups excluding carboxylic acids is 3. The quantitative estimate of drug-likeness (QED) is 0.613. The molecule has 2 aromatic carbocycles. The first-order valence-corrected chi connectivity index (χ1v) is 9.34. The zero-order chi connectivity index (χ0) is 21.3. The normalized spacial score (nSPS) is 18.0. The van der Waals surface area contributed by atoms with Crippen LogP contribution in [0.1, 0.15) is 16.8 Å². The molecule has 0 spiro atoms.